The minimum atomic E-state index is -3.08. The van der Waals surface area contributed by atoms with Crippen LogP contribution in [0.15, 0.2) is 0 Å². The lowest BCUT2D eigenvalue weighted by molar-refractivity contribution is 0.253. The first-order chi connectivity index (χ1) is 9.33. The molecular weight excluding hydrogens is 270 g/mol. The van der Waals surface area contributed by atoms with Crippen LogP contribution in [0.2, 0.25) is 0 Å². The summed E-state index contributed by atoms with van der Waals surface area (Å²) in [5.74, 6) is 0. The molecule has 1 N–H and O–H groups in total. The summed E-state index contributed by atoms with van der Waals surface area (Å²) in [7, 11) is -3.08. The lowest BCUT2D eigenvalue weighted by atomic mass is 9.80. The summed E-state index contributed by atoms with van der Waals surface area (Å²) in [5, 5.41) is 0. The van der Waals surface area contributed by atoms with E-state index < -0.39 is 10.0 Å². The number of hydrogen-bond acceptors (Lipinski definition) is 2. The molecule has 0 aromatic heterocycles. The SMILES string of the molecule is CCCCCCC(C)(CCCCCC)CNS(C)(=O)=O. The molecule has 3 nitrogen and oxygen atoms in total. The molecule has 0 aliphatic heterocycles. The lowest BCUT2D eigenvalue weighted by Gasteiger charge is -2.30. The van der Waals surface area contributed by atoms with Gasteiger partial charge < -0.3 is 0 Å². The van der Waals surface area contributed by atoms with E-state index in [1.807, 2.05) is 0 Å². The van der Waals surface area contributed by atoms with Gasteiger partial charge in [0.05, 0.1) is 6.26 Å². The zero-order chi connectivity index (χ0) is 15.5. The summed E-state index contributed by atoms with van der Waals surface area (Å²) < 4.78 is 25.4. The molecule has 0 saturated carbocycles. The Kier molecular flexibility index (Phi) is 10.6. The van der Waals surface area contributed by atoms with Gasteiger partial charge in [0.15, 0.2) is 0 Å². The lowest BCUT2D eigenvalue weighted by Crippen LogP contribution is -2.35. The van der Waals surface area contributed by atoms with Crippen molar-refractivity contribution in [2.75, 3.05) is 12.8 Å². The summed E-state index contributed by atoms with van der Waals surface area (Å²) in [4.78, 5) is 0. The average molecular weight is 306 g/mol. The zero-order valence-electron chi connectivity index (χ0n) is 14.0. The average Bonchev–Trinajstić information content (AvgIpc) is 2.37. The third-order valence-electron chi connectivity index (χ3n) is 4.03. The van der Waals surface area contributed by atoms with Gasteiger partial charge in [0.1, 0.15) is 0 Å². The van der Waals surface area contributed by atoms with E-state index in [4.69, 9.17) is 0 Å². The van der Waals surface area contributed by atoms with Crippen molar-refractivity contribution in [1.82, 2.24) is 4.72 Å². The smallest absolute Gasteiger partial charge is 0.208 e. The predicted molar refractivity (Wildman–Crippen MR) is 88.5 cm³/mol. The minimum absolute atomic E-state index is 0.116. The highest BCUT2D eigenvalue weighted by Gasteiger charge is 2.24. The summed E-state index contributed by atoms with van der Waals surface area (Å²) >= 11 is 0. The summed E-state index contributed by atoms with van der Waals surface area (Å²) in [6, 6.07) is 0. The van der Waals surface area contributed by atoms with Crippen LogP contribution in [0.4, 0.5) is 0 Å². The van der Waals surface area contributed by atoms with Gasteiger partial charge in [0.2, 0.25) is 10.0 Å². The summed E-state index contributed by atoms with van der Waals surface area (Å²) in [5.41, 5.74) is 0.116. The maximum atomic E-state index is 11.3. The molecule has 0 atom stereocenters. The van der Waals surface area contributed by atoms with Gasteiger partial charge in [-0.25, -0.2) is 13.1 Å². The highest BCUT2D eigenvalue weighted by Crippen LogP contribution is 2.30. The van der Waals surface area contributed by atoms with E-state index in [1.54, 1.807) is 0 Å². The minimum Gasteiger partial charge on any atom is -0.215 e. The van der Waals surface area contributed by atoms with Gasteiger partial charge >= 0.3 is 0 Å². The van der Waals surface area contributed by atoms with Crippen molar-refractivity contribution in [2.45, 2.75) is 85.0 Å². The highest BCUT2D eigenvalue weighted by molar-refractivity contribution is 7.88. The topological polar surface area (TPSA) is 46.2 Å². The number of nitrogens with one attached hydrogen (secondary N) is 1. The van der Waals surface area contributed by atoms with Crippen LogP contribution in [0, 0.1) is 5.41 Å². The maximum absolute atomic E-state index is 11.3. The van der Waals surface area contributed by atoms with Crippen LogP contribution in [0.3, 0.4) is 0 Å². The Balaban J connectivity index is 4.26. The molecule has 0 aliphatic rings. The second kappa shape index (κ2) is 10.6. The number of sulfonamides is 1. The summed E-state index contributed by atoms with van der Waals surface area (Å²) in [6.45, 7) is 7.26. The van der Waals surface area contributed by atoms with Crippen LogP contribution in [-0.2, 0) is 10.0 Å². The second-order valence-corrected chi connectivity index (χ2v) is 8.36. The standard InChI is InChI=1S/C16H35NO2S/c1-5-7-9-11-13-16(3,14-12-10-8-6-2)15-17-20(4,18)19/h17H,5-15H2,1-4H3. The Morgan fingerprint density at radius 3 is 1.65 bits per heavy atom. The molecule has 0 bridgehead atoms. The molecule has 0 unspecified atom stereocenters. The van der Waals surface area contributed by atoms with Gasteiger partial charge in [0.25, 0.3) is 0 Å². The van der Waals surface area contributed by atoms with Gasteiger partial charge in [-0.3, -0.25) is 0 Å². The van der Waals surface area contributed by atoms with Crippen LogP contribution in [0.25, 0.3) is 0 Å². The number of unbranched alkanes of at least 4 members (excludes halogenated alkanes) is 6. The van der Waals surface area contributed by atoms with Gasteiger partial charge in [-0.05, 0) is 18.3 Å². The molecule has 0 aromatic rings. The van der Waals surface area contributed by atoms with Crippen molar-refractivity contribution in [1.29, 1.82) is 0 Å². The van der Waals surface area contributed by atoms with Crippen LogP contribution < -0.4 is 4.72 Å². The molecule has 4 heteroatoms. The number of hydrogen-bond donors (Lipinski definition) is 1. The second-order valence-electron chi connectivity index (χ2n) is 6.53. The van der Waals surface area contributed by atoms with E-state index in [-0.39, 0.29) is 5.41 Å². The van der Waals surface area contributed by atoms with Gasteiger partial charge in [-0.2, -0.15) is 0 Å². The van der Waals surface area contributed by atoms with Crippen molar-refractivity contribution >= 4 is 10.0 Å². The number of rotatable bonds is 13. The molecule has 0 radical (unpaired) electrons. The van der Waals surface area contributed by atoms with Crippen molar-refractivity contribution in [3.05, 3.63) is 0 Å². The monoisotopic (exact) mass is 305 g/mol. The molecule has 0 spiro atoms. The summed E-state index contributed by atoms with van der Waals surface area (Å²) in [6.07, 6.45) is 13.5. The molecular formula is C16H35NO2S. The van der Waals surface area contributed by atoms with Crippen molar-refractivity contribution in [3.8, 4) is 0 Å². The van der Waals surface area contributed by atoms with E-state index >= 15 is 0 Å². The van der Waals surface area contributed by atoms with Crippen LogP contribution in [0.5, 0.6) is 0 Å². The molecule has 0 aliphatic carbocycles. The Labute approximate surface area is 127 Å². The molecule has 0 amide bonds. The molecule has 122 valence electrons. The largest absolute Gasteiger partial charge is 0.215 e. The Morgan fingerprint density at radius 1 is 0.850 bits per heavy atom. The molecule has 0 heterocycles. The normalized spacial score (nSPS) is 12.8. The predicted octanol–water partition coefficient (Wildman–Crippen LogP) is 4.48. The van der Waals surface area contributed by atoms with E-state index in [0.717, 1.165) is 12.8 Å². The Morgan fingerprint density at radius 2 is 1.30 bits per heavy atom. The molecule has 0 aromatic carbocycles. The van der Waals surface area contributed by atoms with Crippen LogP contribution in [0.1, 0.15) is 85.0 Å². The maximum Gasteiger partial charge on any atom is 0.208 e. The van der Waals surface area contributed by atoms with Gasteiger partial charge in [-0.1, -0.05) is 72.1 Å². The van der Waals surface area contributed by atoms with Gasteiger partial charge in [0, 0.05) is 6.54 Å². The van der Waals surface area contributed by atoms with Crippen molar-refractivity contribution in [2.24, 2.45) is 5.41 Å². The van der Waals surface area contributed by atoms with Crippen molar-refractivity contribution in [3.63, 3.8) is 0 Å². The molecule has 0 fully saturated rings. The fourth-order valence-corrected chi connectivity index (χ4v) is 3.17. The van der Waals surface area contributed by atoms with E-state index in [9.17, 15) is 8.42 Å². The third-order valence-corrected chi connectivity index (χ3v) is 4.70. The Bertz CT molecular complexity index is 313. The first-order valence-corrected chi connectivity index (χ1v) is 10.2. The Hall–Kier alpha value is -0.0900. The molecule has 0 saturated heterocycles. The first kappa shape index (κ1) is 19.9. The fraction of sp³-hybridized carbons (Fsp3) is 1.00. The van der Waals surface area contributed by atoms with E-state index in [1.165, 1.54) is 57.6 Å². The quantitative estimate of drug-likeness (QED) is 0.510. The molecule has 20 heavy (non-hydrogen) atoms. The van der Waals surface area contributed by atoms with E-state index in [2.05, 4.69) is 25.5 Å². The zero-order valence-corrected chi connectivity index (χ0v) is 14.8. The van der Waals surface area contributed by atoms with Crippen molar-refractivity contribution < 1.29 is 8.42 Å². The molecule has 0 rings (SSSR count). The third kappa shape index (κ3) is 11.7. The van der Waals surface area contributed by atoms with Gasteiger partial charge in [-0.15, -0.1) is 0 Å². The fourth-order valence-electron chi connectivity index (χ4n) is 2.56. The van der Waals surface area contributed by atoms with Crippen LogP contribution in [-0.4, -0.2) is 21.2 Å². The van der Waals surface area contributed by atoms with Crippen LogP contribution >= 0.6 is 0 Å². The first-order valence-electron chi connectivity index (χ1n) is 8.27. The highest BCUT2D eigenvalue weighted by atomic mass is 32.2. The van der Waals surface area contributed by atoms with E-state index in [0.29, 0.717) is 6.54 Å².